The highest BCUT2D eigenvalue weighted by Gasteiger charge is 2.66. The van der Waals surface area contributed by atoms with Gasteiger partial charge in [0.05, 0.1) is 4.34 Å². The lowest BCUT2D eigenvalue weighted by Gasteiger charge is -2.20. The summed E-state index contributed by atoms with van der Waals surface area (Å²) in [5.74, 6) is 5.10. The highest BCUT2D eigenvalue weighted by atomic mass is 35.5. The molecule has 3 saturated carbocycles. The topological polar surface area (TPSA) is 12.0 Å². The van der Waals surface area contributed by atoms with Crippen LogP contribution in [0.1, 0.15) is 43.5 Å². The van der Waals surface area contributed by atoms with Gasteiger partial charge in [0.15, 0.2) is 0 Å². The van der Waals surface area contributed by atoms with E-state index in [9.17, 15) is 0 Å². The first kappa shape index (κ1) is 12.7. The van der Waals surface area contributed by atoms with E-state index in [0.29, 0.717) is 6.04 Å². The molecule has 1 nitrogen and oxygen atoms in total. The van der Waals surface area contributed by atoms with Gasteiger partial charge in [-0.25, -0.2) is 0 Å². The zero-order valence-electron chi connectivity index (χ0n) is 11.4. The number of rotatable bonds is 5. The second-order valence-electron chi connectivity index (χ2n) is 6.64. The Kier molecular flexibility index (Phi) is 3.17. The van der Waals surface area contributed by atoms with Gasteiger partial charge in [0.2, 0.25) is 0 Å². The third-order valence-corrected chi connectivity index (χ3v) is 7.01. The molecular formula is C16H22ClNS. The molecular weight excluding hydrogens is 274 g/mol. The molecule has 4 rings (SSSR count). The normalized spacial score (nSPS) is 40.4. The van der Waals surface area contributed by atoms with Gasteiger partial charge in [0.25, 0.3) is 0 Å². The third-order valence-electron chi connectivity index (χ3n) is 5.69. The number of hydrogen-bond donors (Lipinski definition) is 1. The van der Waals surface area contributed by atoms with Crippen LogP contribution in [0.15, 0.2) is 12.1 Å². The average Bonchev–Trinajstić information content (AvgIpc) is 2.78. The maximum absolute atomic E-state index is 6.14. The fourth-order valence-corrected chi connectivity index (χ4v) is 6.25. The van der Waals surface area contributed by atoms with Gasteiger partial charge in [0, 0.05) is 10.9 Å². The molecule has 3 aliphatic carbocycles. The number of nitrogens with one attached hydrogen (secondary N) is 1. The summed E-state index contributed by atoms with van der Waals surface area (Å²) in [7, 11) is 0. The van der Waals surface area contributed by atoms with Crippen molar-refractivity contribution in [1.82, 2.24) is 5.32 Å². The Bertz CT molecular complexity index is 455. The summed E-state index contributed by atoms with van der Waals surface area (Å²) in [5.41, 5.74) is 0. The molecule has 0 saturated heterocycles. The predicted molar refractivity (Wildman–Crippen MR) is 81.7 cm³/mol. The number of fused-ring (bicyclic) bond motifs is 5. The molecule has 0 amide bonds. The third kappa shape index (κ3) is 1.99. The molecule has 1 heterocycles. The highest BCUT2D eigenvalue weighted by Crippen LogP contribution is 2.72. The van der Waals surface area contributed by atoms with E-state index in [-0.39, 0.29) is 0 Å². The molecule has 5 atom stereocenters. The van der Waals surface area contributed by atoms with E-state index in [1.54, 1.807) is 11.3 Å². The van der Waals surface area contributed by atoms with Crippen molar-refractivity contribution in [3.63, 3.8) is 0 Å². The summed E-state index contributed by atoms with van der Waals surface area (Å²) in [4.78, 5) is 1.47. The Morgan fingerprint density at radius 1 is 1.32 bits per heavy atom. The first-order valence-corrected chi connectivity index (χ1v) is 8.97. The van der Waals surface area contributed by atoms with Crippen LogP contribution in [0, 0.1) is 29.6 Å². The van der Waals surface area contributed by atoms with Crippen molar-refractivity contribution in [2.75, 3.05) is 6.54 Å². The van der Waals surface area contributed by atoms with E-state index in [1.807, 2.05) is 0 Å². The second-order valence-corrected chi connectivity index (χ2v) is 8.39. The Morgan fingerprint density at radius 2 is 2.05 bits per heavy atom. The van der Waals surface area contributed by atoms with Gasteiger partial charge in [-0.2, -0.15) is 0 Å². The predicted octanol–water partition coefficient (Wildman–Crippen LogP) is 4.73. The van der Waals surface area contributed by atoms with Gasteiger partial charge in [-0.15, -0.1) is 11.3 Å². The van der Waals surface area contributed by atoms with Crippen LogP contribution in [-0.4, -0.2) is 6.54 Å². The Hall–Kier alpha value is -0.0500. The molecule has 5 unspecified atom stereocenters. The van der Waals surface area contributed by atoms with E-state index < -0.39 is 0 Å². The molecule has 1 aromatic heterocycles. The minimum absolute atomic E-state index is 0.579. The summed E-state index contributed by atoms with van der Waals surface area (Å²) < 4.78 is 0.937. The lowest BCUT2D eigenvalue weighted by Crippen LogP contribution is -2.25. The average molecular weight is 296 g/mol. The van der Waals surface area contributed by atoms with Gasteiger partial charge in [0.1, 0.15) is 0 Å². The van der Waals surface area contributed by atoms with E-state index in [1.165, 1.54) is 30.6 Å². The van der Waals surface area contributed by atoms with Crippen molar-refractivity contribution in [1.29, 1.82) is 0 Å². The smallest absolute Gasteiger partial charge is 0.0931 e. The molecule has 3 heteroatoms. The Morgan fingerprint density at radius 3 is 2.63 bits per heavy atom. The van der Waals surface area contributed by atoms with E-state index in [2.05, 4.69) is 24.4 Å². The summed E-state index contributed by atoms with van der Waals surface area (Å²) in [5, 5.41) is 3.81. The molecule has 3 aliphatic rings. The van der Waals surface area contributed by atoms with E-state index in [4.69, 9.17) is 11.6 Å². The summed E-state index contributed by atoms with van der Waals surface area (Å²) in [6.07, 6.45) is 5.77. The first-order valence-electron chi connectivity index (χ1n) is 7.78. The van der Waals surface area contributed by atoms with Gasteiger partial charge in [-0.1, -0.05) is 18.5 Å². The fourth-order valence-electron chi connectivity index (χ4n) is 5.06. The van der Waals surface area contributed by atoms with Crippen LogP contribution < -0.4 is 5.32 Å². The molecule has 3 fully saturated rings. The molecule has 104 valence electrons. The first-order chi connectivity index (χ1) is 9.29. The molecule has 0 radical (unpaired) electrons. The SMILES string of the molecule is CCCNC(c1ccc(Cl)s1)C1C2C3CCC(C3)C21. The molecule has 0 spiro atoms. The zero-order chi connectivity index (χ0) is 13.0. The molecule has 0 aromatic carbocycles. The molecule has 0 aliphatic heterocycles. The lowest BCUT2D eigenvalue weighted by molar-refractivity contribution is 0.374. The van der Waals surface area contributed by atoms with Crippen molar-refractivity contribution in [2.45, 2.75) is 38.6 Å². The van der Waals surface area contributed by atoms with Crippen LogP contribution >= 0.6 is 22.9 Å². The minimum atomic E-state index is 0.579. The Balaban J connectivity index is 1.55. The number of thiophene rings is 1. The standard InChI is InChI=1S/C16H22ClNS/c1-2-7-18-16(11-5-6-12(17)19-11)15-13-9-3-4-10(8-9)14(13)15/h5-6,9-10,13-16,18H,2-4,7-8H2,1H3. The van der Waals surface area contributed by atoms with Crippen molar-refractivity contribution in [2.24, 2.45) is 29.6 Å². The van der Waals surface area contributed by atoms with Crippen LogP contribution in [-0.2, 0) is 0 Å². The van der Waals surface area contributed by atoms with Gasteiger partial charge in [-0.3, -0.25) is 0 Å². The lowest BCUT2D eigenvalue weighted by atomic mass is 9.96. The van der Waals surface area contributed by atoms with E-state index in [0.717, 1.165) is 40.5 Å². The zero-order valence-corrected chi connectivity index (χ0v) is 13.0. The van der Waals surface area contributed by atoms with Crippen LogP contribution in [0.3, 0.4) is 0 Å². The summed E-state index contributed by atoms with van der Waals surface area (Å²) in [6.45, 7) is 3.38. The monoisotopic (exact) mass is 295 g/mol. The minimum Gasteiger partial charge on any atom is -0.309 e. The number of hydrogen-bond acceptors (Lipinski definition) is 2. The maximum atomic E-state index is 6.14. The van der Waals surface area contributed by atoms with Crippen LogP contribution in [0.25, 0.3) is 0 Å². The maximum Gasteiger partial charge on any atom is 0.0931 e. The van der Waals surface area contributed by atoms with Crippen molar-refractivity contribution < 1.29 is 0 Å². The second kappa shape index (κ2) is 4.75. The van der Waals surface area contributed by atoms with E-state index >= 15 is 0 Å². The van der Waals surface area contributed by atoms with Crippen LogP contribution in [0.5, 0.6) is 0 Å². The van der Waals surface area contributed by atoms with Gasteiger partial charge in [-0.05, 0) is 74.0 Å². The Labute approximate surface area is 124 Å². The van der Waals surface area contributed by atoms with Crippen molar-refractivity contribution in [3.8, 4) is 0 Å². The molecule has 1 aromatic rings. The quantitative estimate of drug-likeness (QED) is 0.828. The van der Waals surface area contributed by atoms with Crippen LogP contribution in [0.4, 0.5) is 0 Å². The summed E-state index contributed by atoms with van der Waals surface area (Å²) >= 11 is 7.92. The fraction of sp³-hybridized carbons (Fsp3) is 0.750. The van der Waals surface area contributed by atoms with Crippen molar-refractivity contribution >= 4 is 22.9 Å². The molecule has 2 bridgehead atoms. The number of halogens is 1. The van der Waals surface area contributed by atoms with Gasteiger partial charge >= 0.3 is 0 Å². The summed E-state index contributed by atoms with van der Waals surface area (Å²) in [6, 6.07) is 4.89. The molecule has 1 N–H and O–H groups in total. The van der Waals surface area contributed by atoms with Crippen molar-refractivity contribution in [3.05, 3.63) is 21.3 Å². The van der Waals surface area contributed by atoms with Crippen LogP contribution in [0.2, 0.25) is 4.34 Å². The van der Waals surface area contributed by atoms with Gasteiger partial charge < -0.3 is 5.32 Å². The highest BCUT2D eigenvalue weighted by molar-refractivity contribution is 7.16. The largest absolute Gasteiger partial charge is 0.309 e. The molecule has 19 heavy (non-hydrogen) atoms.